The number of carbonyl (C=O) groups is 1. The zero-order valence-electron chi connectivity index (χ0n) is 4.04. The number of urea groups is 1. The SMILES string of the molecule is NC(N)=O.O=[N+]([O-])[O-].[Ag+]. The Hall–Kier alpha value is -0.790. The molecule has 0 saturated heterocycles. The summed E-state index contributed by atoms with van der Waals surface area (Å²) in [5.74, 6) is 0. The summed E-state index contributed by atoms with van der Waals surface area (Å²) in [6.45, 7) is 0. The van der Waals surface area contributed by atoms with Gasteiger partial charge < -0.3 is 26.8 Å². The Labute approximate surface area is 65.6 Å². The number of nitrogens with zero attached hydrogens (tertiary/aromatic N) is 1. The van der Waals surface area contributed by atoms with Gasteiger partial charge in [0.05, 0.1) is 5.09 Å². The first kappa shape index (κ1) is 15.7. The monoisotopic (exact) mass is 229 g/mol. The van der Waals surface area contributed by atoms with Crippen molar-refractivity contribution in [1.29, 1.82) is 0 Å². The number of amides is 2. The van der Waals surface area contributed by atoms with Crippen molar-refractivity contribution in [3.8, 4) is 0 Å². The summed E-state index contributed by atoms with van der Waals surface area (Å²) < 4.78 is 0. The van der Waals surface area contributed by atoms with E-state index in [-0.39, 0.29) is 22.4 Å². The van der Waals surface area contributed by atoms with Crippen molar-refractivity contribution in [2.24, 2.45) is 11.5 Å². The van der Waals surface area contributed by atoms with Crippen LogP contribution in [0.1, 0.15) is 0 Å². The zero-order chi connectivity index (χ0) is 7.15. The van der Waals surface area contributed by atoms with Crippen LogP contribution in [0.3, 0.4) is 0 Å². The van der Waals surface area contributed by atoms with Gasteiger partial charge in [0, 0.05) is 0 Å². The van der Waals surface area contributed by atoms with E-state index < -0.39 is 11.1 Å². The first-order chi connectivity index (χ1) is 3.46. The van der Waals surface area contributed by atoms with Gasteiger partial charge in [-0.05, 0) is 0 Å². The molecule has 0 saturated carbocycles. The van der Waals surface area contributed by atoms with Crippen LogP contribution in [0.4, 0.5) is 4.79 Å². The first-order valence-corrected chi connectivity index (χ1v) is 1.33. The van der Waals surface area contributed by atoms with Crippen molar-refractivity contribution in [3.05, 3.63) is 15.3 Å². The van der Waals surface area contributed by atoms with Crippen molar-refractivity contribution in [2.45, 2.75) is 0 Å². The third-order valence-corrected chi connectivity index (χ3v) is 0. The molecule has 4 N–H and O–H groups in total. The molecule has 0 heterocycles. The Morgan fingerprint density at radius 2 is 1.33 bits per heavy atom. The fourth-order valence-electron chi connectivity index (χ4n) is 0. The fourth-order valence-corrected chi connectivity index (χ4v) is 0. The Morgan fingerprint density at radius 1 is 1.33 bits per heavy atom. The average Bonchev–Trinajstić information content (AvgIpc) is 1.25. The molecular formula is CH4AgN3O4. The minimum atomic E-state index is -1.75. The topological polar surface area (TPSA) is 135 Å². The molecule has 8 heteroatoms. The molecule has 0 unspecified atom stereocenters. The largest absolute Gasteiger partial charge is 1.00 e. The van der Waals surface area contributed by atoms with Crippen LogP contribution in [0.25, 0.3) is 0 Å². The van der Waals surface area contributed by atoms with Gasteiger partial charge in [-0.3, -0.25) is 0 Å². The molecular weight excluding hydrogens is 226 g/mol. The van der Waals surface area contributed by atoms with Crippen LogP contribution in [-0.4, -0.2) is 11.1 Å². The molecule has 0 aromatic rings. The summed E-state index contributed by atoms with van der Waals surface area (Å²) in [4.78, 5) is 17.2. The maximum Gasteiger partial charge on any atom is 1.00 e. The van der Waals surface area contributed by atoms with Crippen LogP contribution in [-0.2, 0) is 22.4 Å². The summed E-state index contributed by atoms with van der Waals surface area (Å²) in [6.07, 6.45) is 0. The Morgan fingerprint density at radius 3 is 1.33 bits per heavy atom. The quantitative estimate of drug-likeness (QED) is 0.306. The molecule has 0 aromatic heterocycles. The van der Waals surface area contributed by atoms with Gasteiger partial charge in [-0.1, -0.05) is 0 Å². The second-order valence-corrected chi connectivity index (χ2v) is 0.626. The number of hydrogen-bond acceptors (Lipinski definition) is 4. The van der Waals surface area contributed by atoms with Crippen molar-refractivity contribution in [2.75, 3.05) is 0 Å². The number of nitrogens with two attached hydrogens (primary N) is 2. The van der Waals surface area contributed by atoms with E-state index in [1.807, 2.05) is 0 Å². The minimum Gasteiger partial charge on any atom is -0.356 e. The number of hydrogen-bond donors (Lipinski definition) is 2. The minimum absolute atomic E-state index is 0. The van der Waals surface area contributed by atoms with Gasteiger partial charge in [0.1, 0.15) is 0 Å². The number of rotatable bonds is 0. The molecule has 7 nitrogen and oxygen atoms in total. The van der Waals surface area contributed by atoms with Gasteiger partial charge in [-0.25, -0.2) is 4.79 Å². The van der Waals surface area contributed by atoms with E-state index in [9.17, 15) is 0 Å². The summed E-state index contributed by atoms with van der Waals surface area (Å²) in [7, 11) is 0. The van der Waals surface area contributed by atoms with E-state index in [4.69, 9.17) is 20.1 Å². The first-order valence-electron chi connectivity index (χ1n) is 1.33. The van der Waals surface area contributed by atoms with E-state index in [1.54, 1.807) is 0 Å². The second-order valence-electron chi connectivity index (χ2n) is 0.626. The standard InChI is InChI=1S/CH4N2O.Ag.NO3/c2-1(3)4;;2-1(3)4/h(H4,2,3,4);;/q;+1;-1. The van der Waals surface area contributed by atoms with E-state index in [0.717, 1.165) is 0 Å². The fraction of sp³-hybridized carbons (Fsp3) is 0. The van der Waals surface area contributed by atoms with Crippen molar-refractivity contribution in [1.82, 2.24) is 0 Å². The molecule has 0 aliphatic rings. The van der Waals surface area contributed by atoms with Crippen molar-refractivity contribution >= 4 is 6.03 Å². The van der Waals surface area contributed by atoms with Crippen molar-refractivity contribution < 1.29 is 32.3 Å². The zero-order valence-corrected chi connectivity index (χ0v) is 5.52. The maximum atomic E-state index is 9.00. The molecule has 0 aromatic carbocycles. The van der Waals surface area contributed by atoms with Crippen LogP contribution in [0.2, 0.25) is 0 Å². The van der Waals surface area contributed by atoms with Gasteiger partial charge >= 0.3 is 28.4 Å². The predicted octanol–water partition coefficient (Wildman–Crippen LogP) is -1.22. The van der Waals surface area contributed by atoms with Gasteiger partial charge in [-0.15, -0.1) is 0 Å². The third kappa shape index (κ3) is 314. The van der Waals surface area contributed by atoms with Crippen LogP contribution in [0.5, 0.6) is 0 Å². The Balaban J connectivity index is -0.0000000720. The van der Waals surface area contributed by atoms with Crippen molar-refractivity contribution in [3.63, 3.8) is 0 Å². The van der Waals surface area contributed by atoms with Gasteiger partial charge in [-0.2, -0.15) is 0 Å². The van der Waals surface area contributed by atoms with E-state index in [0.29, 0.717) is 0 Å². The average molecular weight is 230 g/mol. The molecule has 0 aliphatic carbocycles. The van der Waals surface area contributed by atoms with Gasteiger partial charge in [0.2, 0.25) is 0 Å². The summed E-state index contributed by atoms with van der Waals surface area (Å²) >= 11 is 0. The van der Waals surface area contributed by atoms with Gasteiger partial charge in [0.15, 0.2) is 0 Å². The molecule has 0 rings (SSSR count). The summed E-state index contributed by atoms with van der Waals surface area (Å²) in [6, 6.07) is -0.833. The van der Waals surface area contributed by atoms with Crippen LogP contribution in [0, 0.1) is 15.3 Å². The summed E-state index contributed by atoms with van der Waals surface area (Å²) in [5.41, 5.74) is 8.50. The predicted molar refractivity (Wildman–Crippen MR) is 24.1 cm³/mol. The number of primary amides is 2. The molecule has 58 valence electrons. The molecule has 0 spiro atoms. The van der Waals surface area contributed by atoms with Crippen LogP contribution < -0.4 is 11.5 Å². The molecule has 0 radical (unpaired) electrons. The van der Waals surface area contributed by atoms with Crippen LogP contribution in [0.15, 0.2) is 0 Å². The third-order valence-electron chi connectivity index (χ3n) is 0. The Bertz CT molecular complexity index is 73.8. The normalized spacial score (nSPS) is 5.33. The molecule has 9 heavy (non-hydrogen) atoms. The van der Waals surface area contributed by atoms with Crippen LogP contribution >= 0.6 is 0 Å². The van der Waals surface area contributed by atoms with E-state index >= 15 is 0 Å². The number of carbonyl (C=O) groups excluding carboxylic acids is 1. The second kappa shape index (κ2) is 10.2. The molecule has 0 aliphatic heterocycles. The van der Waals surface area contributed by atoms with E-state index in [2.05, 4.69) is 11.5 Å². The smallest absolute Gasteiger partial charge is 0.356 e. The van der Waals surface area contributed by atoms with Gasteiger partial charge in [0.25, 0.3) is 0 Å². The van der Waals surface area contributed by atoms with E-state index in [1.165, 1.54) is 0 Å². The molecule has 2 amide bonds. The molecule has 0 atom stereocenters. The summed E-state index contributed by atoms with van der Waals surface area (Å²) in [5, 5.41) is 14.8. The molecule has 0 fully saturated rings. The molecule has 0 bridgehead atoms. The Kier molecular flexibility index (Phi) is 17.9. The maximum absolute atomic E-state index is 9.00.